The predicted molar refractivity (Wildman–Crippen MR) is 135 cm³/mol. The molecule has 0 fully saturated rings. The average Bonchev–Trinajstić information content (AvgIpc) is 2.89. The summed E-state index contributed by atoms with van der Waals surface area (Å²) in [6.07, 6.45) is 1.53. The van der Waals surface area contributed by atoms with Gasteiger partial charge in [-0.05, 0) is 29.8 Å². The van der Waals surface area contributed by atoms with E-state index in [4.69, 9.17) is 21.1 Å². The molecule has 0 radical (unpaired) electrons. The van der Waals surface area contributed by atoms with Crippen molar-refractivity contribution in [1.82, 2.24) is 9.97 Å². The van der Waals surface area contributed by atoms with Crippen molar-refractivity contribution in [2.45, 2.75) is 6.61 Å². The van der Waals surface area contributed by atoms with Crippen molar-refractivity contribution < 1.29 is 9.47 Å². The molecule has 8 nitrogen and oxygen atoms in total. The van der Waals surface area contributed by atoms with Crippen LogP contribution in [0.15, 0.2) is 82.7 Å². The van der Waals surface area contributed by atoms with Crippen LogP contribution < -0.4 is 20.5 Å². The quantitative estimate of drug-likeness (QED) is 0.268. The number of hydrogen-bond acceptors (Lipinski definition) is 7. The Morgan fingerprint density at radius 2 is 1.89 bits per heavy atom. The maximum atomic E-state index is 12.4. The van der Waals surface area contributed by atoms with E-state index < -0.39 is 5.56 Å². The van der Waals surface area contributed by atoms with Gasteiger partial charge in [0, 0.05) is 16.1 Å². The number of anilines is 1. The number of methoxy groups -OCH3 is 1. The first-order valence-corrected chi connectivity index (χ1v) is 10.9. The van der Waals surface area contributed by atoms with E-state index in [0.717, 1.165) is 5.56 Å². The summed E-state index contributed by atoms with van der Waals surface area (Å²) in [5.74, 6) is 1.14. The number of ether oxygens (including phenoxy) is 2. The zero-order valence-electron chi connectivity index (χ0n) is 18.7. The second-order valence-electron chi connectivity index (χ2n) is 7.28. The molecule has 2 N–H and O–H groups in total. The first-order valence-electron chi connectivity index (χ1n) is 10.5. The fourth-order valence-electron chi connectivity index (χ4n) is 3.28. The predicted octanol–water partition coefficient (Wildman–Crippen LogP) is 5.00. The van der Waals surface area contributed by atoms with Gasteiger partial charge in [0.05, 0.1) is 19.0 Å². The number of aromatic nitrogens is 2. The Labute approximate surface area is 206 Å². The van der Waals surface area contributed by atoms with Crippen molar-refractivity contribution in [1.29, 1.82) is 5.26 Å². The fourth-order valence-corrected chi connectivity index (χ4v) is 3.41. The molecule has 3 aromatic carbocycles. The number of aromatic amines is 1. The fraction of sp³-hybridized carbons (Fsp3) is 0.0769. The second kappa shape index (κ2) is 11.0. The lowest BCUT2D eigenvalue weighted by atomic mass is 10.1. The summed E-state index contributed by atoms with van der Waals surface area (Å²) < 4.78 is 11.5. The van der Waals surface area contributed by atoms with E-state index in [1.165, 1.54) is 6.21 Å². The Bertz CT molecular complexity index is 1450. The van der Waals surface area contributed by atoms with Gasteiger partial charge in [-0.25, -0.2) is 10.4 Å². The Hall–Kier alpha value is -4.61. The van der Waals surface area contributed by atoms with Crippen LogP contribution in [-0.2, 0) is 6.61 Å². The van der Waals surface area contributed by atoms with Gasteiger partial charge in [-0.2, -0.15) is 10.4 Å². The van der Waals surface area contributed by atoms with Crippen LogP contribution >= 0.6 is 11.6 Å². The zero-order valence-corrected chi connectivity index (χ0v) is 19.4. The number of hydrazone groups is 1. The monoisotopic (exact) mass is 485 g/mol. The highest BCUT2D eigenvalue weighted by Crippen LogP contribution is 2.31. The van der Waals surface area contributed by atoms with Crippen molar-refractivity contribution in [3.05, 3.63) is 105 Å². The number of nitrogens with one attached hydrogen (secondary N) is 2. The minimum absolute atomic E-state index is 0.0728. The second-order valence-corrected chi connectivity index (χ2v) is 7.72. The minimum Gasteiger partial charge on any atom is -0.493 e. The van der Waals surface area contributed by atoms with Crippen molar-refractivity contribution in [3.8, 4) is 28.8 Å². The molecule has 0 spiro atoms. The topological polar surface area (TPSA) is 112 Å². The zero-order chi connectivity index (χ0) is 24.6. The van der Waals surface area contributed by atoms with Crippen LogP contribution in [0.25, 0.3) is 11.3 Å². The smallest absolute Gasteiger partial charge is 0.270 e. The molecule has 4 aromatic rings. The highest BCUT2D eigenvalue weighted by atomic mass is 35.5. The van der Waals surface area contributed by atoms with Crippen molar-refractivity contribution >= 4 is 23.8 Å². The molecular formula is C26H20ClN5O3. The lowest BCUT2D eigenvalue weighted by Gasteiger charge is -2.13. The summed E-state index contributed by atoms with van der Waals surface area (Å²) in [6.45, 7) is 0.302. The van der Waals surface area contributed by atoms with Gasteiger partial charge in [-0.15, -0.1) is 0 Å². The third-order valence-electron chi connectivity index (χ3n) is 4.98. The molecule has 9 heteroatoms. The highest BCUT2D eigenvalue weighted by molar-refractivity contribution is 6.30. The first kappa shape index (κ1) is 23.5. The van der Waals surface area contributed by atoms with Crippen LogP contribution in [0.1, 0.15) is 16.7 Å². The summed E-state index contributed by atoms with van der Waals surface area (Å²) >= 11 is 5.95. The number of halogens is 1. The van der Waals surface area contributed by atoms with Crippen LogP contribution in [0.2, 0.25) is 5.02 Å². The molecule has 0 bridgehead atoms. The van der Waals surface area contributed by atoms with E-state index in [9.17, 15) is 10.1 Å². The maximum Gasteiger partial charge on any atom is 0.270 e. The normalized spacial score (nSPS) is 10.7. The van der Waals surface area contributed by atoms with Gasteiger partial charge < -0.3 is 9.47 Å². The van der Waals surface area contributed by atoms with Crippen molar-refractivity contribution in [2.75, 3.05) is 12.5 Å². The largest absolute Gasteiger partial charge is 0.493 e. The van der Waals surface area contributed by atoms with Crippen molar-refractivity contribution in [3.63, 3.8) is 0 Å². The van der Waals surface area contributed by atoms with Crippen LogP contribution in [0.4, 0.5) is 5.95 Å². The Morgan fingerprint density at radius 1 is 1.11 bits per heavy atom. The van der Waals surface area contributed by atoms with Crippen LogP contribution in [0.5, 0.6) is 11.5 Å². The molecule has 1 aromatic heterocycles. The van der Waals surface area contributed by atoms with Crippen LogP contribution in [0, 0.1) is 11.3 Å². The van der Waals surface area contributed by atoms with Gasteiger partial charge >= 0.3 is 0 Å². The Morgan fingerprint density at radius 3 is 2.60 bits per heavy atom. The molecule has 4 rings (SSSR count). The number of hydrogen-bond donors (Lipinski definition) is 2. The number of H-pyrrole nitrogens is 1. The third kappa shape index (κ3) is 5.66. The Balaban J connectivity index is 1.58. The van der Waals surface area contributed by atoms with E-state index in [1.54, 1.807) is 49.6 Å². The molecule has 35 heavy (non-hydrogen) atoms. The van der Waals surface area contributed by atoms with Crippen molar-refractivity contribution in [2.24, 2.45) is 5.10 Å². The SMILES string of the molecule is COc1cccc(C=NNc2nc(-c3ccccc3)c(C#N)c(=O)[nH]2)c1OCc1ccc(Cl)cc1. The van der Waals surface area contributed by atoms with Gasteiger partial charge in [-0.3, -0.25) is 9.78 Å². The van der Waals surface area contributed by atoms with Gasteiger partial charge in [0.2, 0.25) is 5.95 Å². The lowest BCUT2D eigenvalue weighted by Crippen LogP contribution is -2.16. The van der Waals surface area contributed by atoms with Gasteiger partial charge in [0.25, 0.3) is 5.56 Å². The van der Waals surface area contributed by atoms with E-state index in [2.05, 4.69) is 20.5 Å². The van der Waals surface area contributed by atoms with Gasteiger partial charge in [0.15, 0.2) is 11.5 Å². The third-order valence-corrected chi connectivity index (χ3v) is 5.23. The average molecular weight is 486 g/mol. The first-order chi connectivity index (χ1) is 17.1. The summed E-state index contributed by atoms with van der Waals surface area (Å²) in [5, 5.41) is 14.3. The summed E-state index contributed by atoms with van der Waals surface area (Å²) in [5.41, 5.74) is 4.58. The lowest BCUT2D eigenvalue weighted by molar-refractivity contribution is 0.284. The number of benzene rings is 3. The van der Waals surface area contributed by atoms with Crippen LogP contribution in [0.3, 0.4) is 0 Å². The minimum atomic E-state index is -0.563. The number of rotatable bonds is 8. The molecule has 1 heterocycles. The molecule has 0 amide bonds. The number of para-hydroxylation sites is 1. The molecule has 0 aliphatic heterocycles. The maximum absolute atomic E-state index is 12.4. The molecular weight excluding hydrogens is 466 g/mol. The summed E-state index contributed by atoms with van der Waals surface area (Å²) in [6, 6.07) is 23.7. The van der Waals surface area contributed by atoms with E-state index >= 15 is 0 Å². The van der Waals surface area contributed by atoms with E-state index in [1.807, 2.05) is 36.4 Å². The summed E-state index contributed by atoms with van der Waals surface area (Å²) in [7, 11) is 1.56. The van der Waals surface area contributed by atoms with Gasteiger partial charge in [-0.1, -0.05) is 60.1 Å². The molecule has 0 aliphatic carbocycles. The standard InChI is InChI=1S/C26H20ClN5O3/c1-34-22-9-5-8-19(24(22)35-16-17-10-12-20(27)13-11-17)15-29-32-26-30-23(18-6-3-2-4-7-18)21(14-28)25(33)31-26/h2-13,15H,16H2,1H3,(H2,30,31,32,33). The molecule has 0 saturated heterocycles. The molecule has 0 unspecified atom stereocenters. The molecule has 0 atom stereocenters. The van der Waals surface area contributed by atoms with E-state index in [-0.39, 0.29) is 17.2 Å². The molecule has 0 saturated carbocycles. The molecule has 0 aliphatic rings. The number of nitrogens with zero attached hydrogens (tertiary/aromatic N) is 3. The van der Waals surface area contributed by atoms with Crippen LogP contribution in [-0.4, -0.2) is 23.3 Å². The summed E-state index contributed by atoms with van der Waals surface area (Å²) in [4.78, 5) is 19.3. The Kier molecular flexibility index (Phi) is 7.40. The van der Waals surface area contributed by atoms with E-state index in [0.29, 0.717) is 34.3 Å². The molecule has 174 valence electrons. The number of nitriles is 1. The highest BCUT2D eigenvalue weighted by Gasteiger charge is 2.13. The van der Waals surface area contributed by atoms with Gasteiger partial charge in [0.1, 0.15) is 18.2 Å².